The predicted molar refractivity (Wildman–Crippen MR) is 50.6 cm³/mol. The minimum atomic E-state index is -0.0269. The highest BCUT2D eigenvalue weighted by atomic mass is 16.7. The molecule has 1 fully saturated rings. The fourth-order valence-corrected chi connectivity index (χ4v) is 1.20. The Kier molecular flexibility index (Phi) is 5.35. The standard InChI is InChI=1S/C10H20O3/c1-9(2)8-11-7-4-10-12-5-3-6-13-10/h9-10H,3-8H2,1-2H3. The Hall–Kier alpha value is -0.120. The molecule has 0 aromatic heterocycles. The zero-order chi connectivity index (χ0) is 9.52. The van der Waals surface area contributed by atoms with E-state index >= 15 is 0 Å². The monoisotopic (exact) mass is 188 g/mol. The van der Waals surface area contributed by atoms with Gasteiger partial charge < -0.3 is 14.2 Å². The molecule has 78 valence electrons. The average molecular weight is 188 g/mol. The van der Waals surface area contributed by atoms with Gasteiger partial charge in [0.05, 0.1) is 19.8 Å². The van der Waals surface area contributed by atoms with Gasteiger partial charge >= 0.3 is 0 Å². The van der Waals surface area contributed by atoms with Crippen molar-refractivity contribution < 1.29 is 14.2 Å². The molecular formula is C10H20O3. The summed E-state index contributed by atoms with van der Waals surface area (Å²) in [5.74, 6) is 0.605. The summed E-state index contributed by atoms with van der Waals surface area (Å²) in [4.78, 5) is 0. The van der Waals surface area contributed by atoms with E-state index in [0.717, 1.165) is 39.3 Å². The van der Waals surface area contributed by atoms with Gasteiger partial charge in [-0.2, -0.15) is 0 Å². The Labute approximate surface area is 80.4 Å². The first-order valence-corrected chi connectivity index (χ1v) is 5.10. The highest BCUT2D eigenvalue weighted by Gasteiger charge is 2.13. The molecule has 0 saturated carbocycles. The van der Waals surface area contributed by atoms with Gasteiger partial charge in [0.1, 0.15) is 0 Å². The second-order valence-corrected chi connectivity index (χ2v) is 3.78. The quantitative estimate of drug-likeness (QED) is 0.616. The van der Waals surface area contributed by atoms with Crippen LogP contribution in [-0.2, 0) is 14.2 Å². The largest absolute Gasteiger partial charge is 0.381 e. The van der Waals surface area contributed by atoms with Crippen LogP contribution in [0, 0.1) is 5.92 Å². The van der Waals surface area contributed by atoms with Crippen molar-refractivity contribution >= 4 is 0 Å². The van der Waals surface area contributed by atoms with E-state index in [-0.39, 0.29) is 6.29 Å². The summed E-state index contributed by atoms with van der Waals surface area (Å²) in [5, 5.41) is 0. The molecule has 13 heavy (non-hydrogen) atoms. The molecule has 0 aromatic carbocycles. The first-order chi connectivity index (χ1) is 6.29. The van der Waals surface area contributed by atoms with Crippen LogP contribution >= 0.6 is 0 Å². The third-order valence-corrected chi connectivity index (χ3v) is 1.85. The molecule has 3 heteroatoms. The van der Waals surface area contributed by atoms with E-state index in [1.165, 1.54) is 0 Å². The van der Waals surface area contributed by atoms with Gasteiger partial charge in [0.2, 0.25) is 0 Å². The minimum Gasteiger partial charge on any atom is -0.381 e. The van der Waals surface area contributed by atoms with E-state index in [1.807, 2.05) is 0 Å². The van der Waals surface area contributed by atoms with E-state index in [9.17, 15) is 0 Å². The van der Waals surface area contributed by atoms with Crippen LogP contribution < -0.4 is 0 Å². The Morgan fingerprint density at radius 3 is 2.62 bits per heavy atom. The lowest BCUT2D eigenvalue weighted by Gasteiger charge is -2.23. The van der Waals surface area contributed by atoms with E-state index in [0.29, 0.717) is 5.92 Å². The predicted octanol–water partition coefficient (Wildman–Crippen LogP) is 1.81. The molecule has 0 unspecified atom stereocenters. The van der Waals surface area contributed by atoms with Crippen molar-refractivity contribution in [2.24, 2.45) is 5.92 Å². The zero-order valence-corrected chi connectivity index (χ0v) is 8.62. The fraction of sp³-hybridized carbons (Fsp3) is 1.00. The molecule has 1 heterocycles. The molecule has 0 N–H and O–H groups in total. The lowest BCUT2D eigenvalue weighted by atomic mass is 10.2. The summed E-state index contributed by atoms with van der Waals surface area (Å²) in [6, 6.07) is 0. The van der Waals surface area contributed by atoms with E-state index < -0.39 is 0 Å². The van der Waals surface area contributed by atoms with Gasteiger partial charge in [-0.05, 0) is 12.3 Å². The van der Waals surface area contributed by atoms with Crippen molar-refractivity contribution in [3.05, 3.63) is 0 Å². The van der Waals surface area contributed by atoms with Gasteiger partial charge in [-0.25, -0.2) is 0 Å². The maximum absolute atomic E-state index is 5.44. The number of rotatable bonds is 5. The lowest BCUT2D eigenvalue weighted by Crippen LogP contribution is -2.26. The van der Waals surface area contributed by atoms with E-state index in [1.54, 1.807) is 0 Å². The molecule has 0 bridgehead atoms. The van der Waals surface area contributed by atoms with Crippen molar-refractivity contribution in [3.63, 3.8) is 0 Å². The molecule has 3 nitrogen and oxygen atoms in total. The Balaban J connectivity index is 1.92. The summed E-state index contributed by atoms with van der Waals surface area (Å²) in [6.45, 7) is 7.51. The molecule has 0 aromatic rings. The molecule has 1 saturated heterocycles. The van der Waals surface area contributed by atoms with Gasteiger partial charge in [0, 0.05) is 13.0 Å². The number of hydrogen-bond donors (Lipinski definition) is 0. The molecule has 1 aliphatic heterocycles. The van der Waals surface area contributed by atoms with Crippen LogP contribution in [0.1, 0.15) is 26.7 Å². The third-order valence-electron chi connectivity index (χ3n) is 1.85. The average Bonchev–Trinajstić information content (AvgIpc) is 2.14. The highest BCUT2D eigenvalue weighted by molar-refractivity contribution is 4.51. The van der Waals surface area contributed by atoms with Crippen molar-refractivity contribution in [1.82, 2.24) is 0 Å². The lowest BCUT2D eigenvalue weighted by molar-refractivity contribution is -0.186. The van der Waals surface area contributed by atoms with Crippen LogP contribution in [0.5, 0.6) is 0 Å². The summed E-state index contributed by atoms with van der Waals surface area (Å²) >= 11 is 0. The van der Waals surface area contributed by atoms with Crippen LogP contribution in [0.4, 0.5) is 0 Å². The zero-order valence-electron chi connectivity index (χ0n) is 8.62. The second-order valence-electron chi connectivity index (χ2n) is 3.78. The molecule has 0 atom stereocenters. The first kappa shape index (κ1) is 11.0. The Bertz CT molecular complexity index is 119. The SMILES string of the molecule is CC(C)COCCC1OCCCO1. The Morgan fingerprint density at radius 1 is 1.31 bits per heavy atom. The molecule has 0 amide bonds. The van der Waals surface area contributed by atoms with Crippen molar-refractivity contribution in [1.29, 1.82) is 0 Å². The van der Waals surface area contributed by atoms with Crippen LogP contribution in [0.3, 0.4) is 0 Å². The maximum atomic E-state index is 5.44. The van der Waals surface area contributed by atoms with Crippen molar-refractivity contribution in [2.45, 2.75) is 33.0 Å². The maximum Gasteiger partial charge on any atom is 0.159 e. The van der Waals surface area contributed by atoms with Crippen LogP contribution in [0.2, 0.25) is 0 Å². The minimum absolute atomic E-state index is 0.0269. The Morgan fingerprint density at radius 2 is 2.00 bits per heavy atom. The highest BCUT2D eigenvalue weighted by Crippen LogP contribution is 2.08. The van der Waals surface area contributed by atoms with Crippen LogP contribution in [0.25, 0.3) is 0 Å². The smallest absolute Gasteiger partial charge is 0.159 e. The fourth-order valence-electron chi connectivity index (χ4n) is 1.20. The second kappa shape index (κ2) is 6.35. The van der Waals surface area contributed by atoms with Crippen molar-refractivity contribution in [3.8, 4) is 0 Å². The number of hydrogen-bond acceptors (Lipinski definition) is 3. The van der Waals surface area contributed by atoms with Crippen LogP contribution in [-0.4, -0.2) is 32.7 Å². The molecule has 0 aliphatic carbocycles. The third kappa shape index (κ3) is 5.24. The summed E-state index contributed by atoms with van der Waals surface area (Å²) in [5.41, 5.74) is 0. The van der Waals surface area contributed by atoms with E-state index in [2.05, 4.69) is 13.8 Å². The normalized spacial score (nSPS) is 19.6. The molecule has 0 spiro atoms. The van der Waals surface area contributed by atoms with Crippen LogP contribution in [0.15, 0.2) is 0 Å². The summed E-state index contributed by atoms with van der Waals surface area (Å²) < 4.78 is 16.2. The number of ether oxygens (including phenoxy) is 3. The molecule has 1 rings (SSSR count). The van der Waals surface area contributed by atoms with Gasteiger partial charge in [-0.1, -0.05) is 13.8 Å². The molecule has 1 aliphatic rings. The van der Waals surface area contributed by atoms with Gasteiger partial charge in [-0.15, -0.1) is 0 Å². The van der Waals surface area contributed by atoms with Gasteiger partial charge in [0.25, 0.3) is 0 Å². The summed E-state index contributed by atoms with van der Waals surface area (Å²) in [6.07, 6.45) is 1.84. The molecular weight excluding hydrogens is 168 g/mol. The topological polar surface area (TPSA) is 27.7 Å². The van der Waals surface area contributed by atoms with Gasteiger partial charge in [0.15, 0.2) is 6.29 Å². The first-order valence-electron chi connectivity index (χ1n) is 5.10. The van der Waals surface area contributed by atoms with E-state index in [4.69, 9.17) is 14.2 Å². The molecule has 0 radical (unpaired) electrons. The van der Waals surface area contributed by atoms with Gasteiger partial charge in [-0.3, -0.25) is 0 Å². The van der Waals surface area contributed by atoms with Crippen molar-refractivity contribution in [2.75, 3.05) is 26.4 Å². The summed E-state index contributed by atoms with van der Waals surface area (Å²) in [7, 11) is 0.